The van der Waals surface area contributed by atoms with Gasteiger partial charge in [0.05, 0.1) is 5.54 Å². The summed E-state index contributed by atoms with van der Waals surface area (Å²) in [7, 11) is 0. The zero-order chi connectivity index (χ0) is 14.8. The summed E-state index contributed by atoms with van der Waals surface area (Å²) in [5.74, 6) is 1.53. The normalized spacial score (nSPS) is 28.3. The van der Waals surface area contributed by atoms with Crippen LogP contribution in [0.5, 0.6) is 0 Å². The average molecular weight is 293 g/mol. The number of hydrogen-bond donors (Lipinski definition) is 1. The van der Waals surface area contributed by atoms with Crippen LogP contribution in [0.4, 0.5) is 0 Å². The summed E-state index contributed by atoms with van der Waals surface area (Å²) in [5, 5.41) is 7.91. The Labute approximate surface area is 126 Å². The van der Waals surface area contributed by atoms with E-state index in [-0.39, 0.29) is 11.1 Å². The molecule has 1 atom stereocenters. The lowest BCUT2D eigenvalue weighted by Crippen LogP contribution is -2.37. The van der Waals surface area contributed by atoms with Gasteiger partial charge in [0.1, 0.15) is 5.60 Å². The maximum Gasteiger partial charge on any atom is 0.247 e. The summed E-state index contributed by atoms with van der Waals surface area (Å²) in [6.45, 7) is 5.98. The van der Waals surface area contributed by atoms with Crippen molar-refractivity contribution in [2.24, 2.45) is 0 Å². The van der Waals surface area contributed by atoms with Crippen molar-refractivity contribution in [1.29, 1.82) is 0 Å². The molecule has 1 saturated carbocycles. The Hall–Kier alpha value is -0.940. The molecule has 1 aromatic rings. The Morgan fingerprint density at radius 1 is 1.19 bits per heavy atom. The Morgan fingerprint density at radius 2 is 2.00 bits per heavy atom. The predicted octanol–water partition coefficient (Wildman–Crippen LogP) is 3.25. The molecule has 1 unspecified atom stereocenters. The van der Waals surface area contributed by atoms with Gasteiger partial charge in [0, 0.05) is 6.61 Å². The van der Waals surface area contributed by atoms with E-state index in [0.717, 1.165) is 50.4 Å². The van der Waals surface area contributed by atoms with Gasteiger partial charge < -0.3 is 14.6 Å². The van der Waals surface area contributed by atoms with E-state index in [4.69, 9.17) is 14.2 Å². The molecule has 2 fully saturated rings. The minimum atomic E-state index is -0.303. The van der Waals surface area contributed by atoms with E-state index in [1.54, 1.807) is 0 Å². The molecular formula is C16H27N3O2. The third-order valence-corrected chi connectivity index (χ3v) is 5.00. The lowest BCUT2D eigenvalue weighted by molar-refractivity contribution is -0.0469. The first-order valence-corrected chi connectivity index (χ1v) is 8.48. The maximum atomic E-state index is 6.04. The minimum absolute atomic E-state index is 0.105. The van der Waals surface area contributed by atoms with Crippen LogP contribution in [0.1, 0.15) is 76.9 Å². The first-order valence-electron chi connectivity index (χ1n) is 8.48. The van der Waals surface area contributed by atoms with Crippen molar-refractivity contribution in [2.45, 2.75) is 76.4 Å². The van der Waals surface area contributed by atoms with Gasteiger partial charge in [0.2, 0.25) is 11.7 Å². The maximum absolute atomic E-state index is 6.04. The lowest BCUT2D eigenvalue weighted by Gasteiger charge is -2.26. The number of hydrogen-bond acceptors (Lipinski definition) is 5. The fourth-order valence-corrected chi connectivity index (χ4v) is 3.99. The second-order valence-electron chi connectivity index (χ2n) is 6.42. The molecule has 5 nitrogen and oxygen atoms in total. The largest absolute Gasteiger partial charge is 0.367 e. The SMILES string of the molecule is CCCC1(c2nc(C3(OCC)CCCC3)no2)CCCN1. The van der Waals surface area contributed by atoms with Gasteiger partial charge in [-0.2, -0.15) is 4.98 Å². The number of aromatic nitrogens is 2. The highest BCUT2D eigenvalue weighted by molar-refractivity contribution is 5.11. The highest BCUT2D eigenvalue weighted by Gasteiger charge is 2.44. The van der Waals surface area contributed by atoms with Gasteiger partial charge >= 0.3 is 0 Å². The van der Waals surface area contributed by atoms with E-state index < -0.39 is 0 Å². The standard InChI is InChI=1S/C16H27N3O2/c1-3-8-15(9-7-12-17-15)14-18-13(19-21-14)16(20-4-2)10-5-6-11-16/h17H,3-12H2,1-2H3. The zero-order valence-corrected chi connectivity index (χ0v) is 13.3. The zero-order valence-electron chi connectivity index (χ0n) is 13.3. The van der Waals surface area contributed by atoms with Crippen molar-refractivity contribution >= 4 is 0 Å². The molecule has 5 heteroatoms. The summed E-state index contributed by atoms with van der Waals surface area (Å²) in [4.78, 5) is 4.79. The molecule has 0 amide bonds. The molecule has 2 aliphatic rings. The first kappa shape index (κ1) is 15.0. The van der Waals surface area contributed by atoms with Crippen LogP contribution in [0.15, 0.2) is 4.52 Å². The predicted molar refractivity (Wildman–Crippen MR) is 79.9 cm³/mol. The smallest absolute Gasteiger partial charge is 0.247 e. The summed E-state index contributed by atoms with van der Waals surface area (Å²) in [5.41, 5.74) is -0.408. The van der Waals surface area contributed by atoms with Gasteiger partial charge in [0.15, 0.2) is 0 Å². The van der Waals surface area contributed by atoms with Gasteiger partial charge in [-0.15, -0.1) is 0 Å². The van der Waals surface area contributed by atoms with Crippen molar-refractivity contribution in [1.82, 2.24) is 15.5 Å². The van der Waals surface area contributed by atoms with Crippen LogP contribution in [0, 0.1) is 0 Å². The van der Waals surface area contributed by atoms with Crippen LogP contribution >= 0.6 is 0 Å². The average Bonchev–Trinajstić information content (AvgIpc) is 3.20. The Balaban J connectivity index is 1.88. The van der Waals surface area contributed by atoms with Gasteiger partial charge in [-0.05, 0) is 58.4 Å². The van der Waals surface area contributed by atoms with Crippen LogP contribution in [-0.2, 0) is 15.9 Å². The van der Waals surface area contributed by atoms with Crippen molar-refractivity contribution in [3.63, 3.8) is 0 Å². The fraction of sp³-hybridized carbons (Fsp3) is 0.875. The van der Waals surface area contributed by atoms with Crippen LogP contribution in [0.3, 0.4) is 0 Å². The monoisotopic (exact) mass is 293 g/mol. The quantitative estimate of drug-likeness (QED) is 0.872. The van der Waals surface area contributed by atoms with Crippen LogP contribution in [0.25, 0.3) is 0 Å². The lowest BCUT2D eigenvalue weighted by atomic mass is 9.91. The van der Waals surface area contributed by atoms with E-state index >= 15 is 0 Å². The Bertz CT molecular complexity index is 419. The highest BCUT2D eigenvalue weighted by Crippen LogP contribution is 2.42. The minimum Gasteiger partial charge on any atom is -0.367 e. The molecule has 1 aliphatic carbocycles. The fourth-order valence-electron chi connectivity index (χ4n) is 3.99. The van der Waals surface area contributed by atoms with E-state index in [9.17, 15) is 0 Å². The van der Waals surface area contributed by atoms with Crippen molar-refractivity contribution in [3.8, 4) is 0 Å². The van der Waals surface area contributed by atoms with Crippen molar-refractivity contribution < 1.29 is 9.26 Å². The summed E-state index contributed by atoms with van der Waals surface area (Å²) >= 11 is 0. The molecule has 21 heavy (non-hydrogen) atoms. The molecule has 0 aromatic carbocycles. The second-order valence-corrected chi connectivity index (χ2v) is 6.42. The first-order chi connectivity index (χ1) is 10.2. The topological polar surface area (TPSA) is 60.2 Å². The molecule has 1 aliphatic heterocycles. The van der Waals surface area contributed by atoms with Crippen molar-refractivity contribution in [2.75, 3.05) is 13.2 Å². The number of rotatable bonds is 6. The highest BCUT2D eigenvalue weighted by atomic mass is 16.5. The van der Waals surface area contributed by atoms with Crippen LogP contribution in [-0.4, -0.2) is 23.3 Å². The molecule has 1 N–H and O–H groups in total. The van der Waals surface area contributed by atoms with Gasteiger partial charge in [-0.3, -0.25) is 0 Å². The van der Waals surface area contributed by atoms with Crippen molar-refractivity contribution in [3.05, 3.63) is 11.7 Å². The van der Waals surface area contributed by atoms with E-state index in [0.29, 0.717) is 6.61 Å². The number of nitrogens with one attached hydrogen (secondary N) is 1. The molecule has 2 heterocycles. The summed E-state index contributed by atoms with van der Waals surface area (Å²) in [6, 6.07) is 0. The molecule has 0 spiro atoms. The van der Waals surface area contributed by atoms with Gasteiger partial charge in [0.25, 0.3) is 0 Å². The van der Waals surface area contributed by atoms with Crippen LogP contribution < -0.4 is 5.32 Å². The second kappa shape index (κ2) is 6.05. The number of nitrogens with zero attached hydrogens (tertiary/aromatic N) is 2. The third-order valence-electron chi connectivity index (χ3n) is 5.00. The Morgan fingerprint density at radius 3 is 2.62 bits per heavy atom. The van der Waals surface area contributed by atoms with E-state index in [1.165, 1.54) is 19.3 Å². The molecule has 3 rings (SSSR count). The van der Waals surface area contributed by atoms with E-state index in [2.05, 4.69) is 17.4 Å². The van der Waals surface area contributed by atoms with Gasteiger partial charge in [-0.1, -0.05) is 18.5 Å². The molecule has 118 valence electrons. The van der Waals surface area contributed by atoms with Crippen LogP contribution in [0.2, 0.25) is 0 Å². The Kier molecular flexibility index (Phi) is 4.31. The molecule has 0 radical (unpaired) electrons. The third kappa shape index (κ3) is 2.61. The summed E-state index contributed by atoms with van der Waals surface area (Å²) < 4.78 is 11.7. The van der Waals surface area contributed by atoms with Gasteiger partial charge in [-0.25, -0.2) is 0 Å². The molecule has 0 bridgehead atoms. The van der Waals surface area contributed by atoms with E-state index in [1.807, 2.05) is 6.92 Å². The molecular weight excluding hydrogens is 266 g/mol. The molecule has 1 saturated heterocycles. The molecule has 1 aromatic heterocycles. The number of ether oxygens (including phenoxy) is 1. The summed E-state index contributed by atoms with van der Waals surface area (Å²) in [6.07, 6.45) is 8.81.